The Morgan fingerprint density at radius 1 is 1.00 bits per heavy atom. The summed E-state index contributed by atoms with van der Waals surface area (Å²) in [6.07, 6.45) is 3.74. The number of piperidine rings is 1. The van der Waals surface area contributed by atoms with Crippen LogP contribution < -0.4 is 14.7 Å². The molecule has 0 unspecified atom stereocenters. The van der Waals surface area contributed by atoms with Crippen LogP contribution in [0.2, 0.25) is 5.02 Å². The molecule has 0 radical (unpaired) electrons. The first-order chi connectivity index (χ1) is 14.3. The fraction of sp³-hybridized carbons (Fsp3) is 0.348. The highest BCUT2D eigenvalue weighted by molar-refractivity contribution is 7.81. The minimum Gasteiger partial charge on any atom is -0.372 e. The topological polar surface area (TPSA) is 50.6 Å². The normalized spacial score (nSPS) is 18.7. The maximum absolute atomic E-state index is 13.3. The van der Waals surface area contributed by atoms with Crippen LogP contribution in [0.5, 0.6) is 0 Å². The van der Waals surface area contributed by atoms with Crippen LogP contribution in [0.15, 0.2) is 42.5 Å². The zero-order chi connectivity index (χ0) is 21.5. The molecule has 30 heavy (non-hydrogen) atoms. The van der Waals surface area contributed by atoms with Crippen LogP contribution in [-0.4, -0.2) is 29.6 Å². The predicted molar refractivity (Wildman–Crippen MR) is 125 cm³/mol. The average Bonchev–Trinajstić information content (AvgIpc) is 2.92. The van der Waals surface area contributed by atoms with E-state index in [1.165, 1.54) is 29.8 Å². The van der Waals surface area contributed by atoms with E-state index in [9.17, 15) is 4.79 Å². The lowest BCUT2D eigenvalue weighted by Crippen LogP contribution is -2.44. The quantitative estimate of drug-likeness (QED) is 0.622. The van der Waals surface area contributed by atoms with Gasteiger partial charge in [0.15, 0.2) is 5.11 Å². The van der Waals surface area contributed by atoms with Gasteiger partial charge in [-0.05, 0) is 87.8 Å². The SMILES string of the molecule is CC1(C)C(=O)N(c2ccc(C#N)c(Cl)c2)C(=S)N1c1ccc(N2CCCCC2)cc1. The summed E-state index contributed by atoms with van der Waals surface area (Å²) in [5, 5.41) is 9.81. The van der Waals surface area contributed by atoms with Crippen LogP contribution in [0.4, 0.5) is 17.1 Å². The van der Waals surface area contributed by atoms with Gasteiger partial charge in [-0.2, -0.15) is 5.26 Å². The third-order valence-electron chi connectivity index (χ3n) is 5.83. The molecule has 0 aromatic heterocycles. The highest BCUT2D eigenvalue weighted by Crippen LogP contribution is 2.38. The maximum atomic E-state index is 13.3. The summed E-state index contributed by atoms with van der Waals surface area (Å²) in [6.45, 7) is 5.90. The van der Waals surface area contributed by atoms with Gasteiger partial charge < -0.3 is 9.80 Å². The van der Waals surface area contributed by atoms with Crippen molar-refractivity contribution in [1.29, 1.82) is 5.26 Å². The lowest BCUT2D eigenvalue weighted by atomic mass is 10.0. The Kier molecular flexibility index (Phi) is 5.44. The first-order valence-corrected chi connectivity index (χ1v) is 10.9. The molecule has 4 rings (SSSR count). The van der Waals surface area contributed by atoms with Crippen LogP contribution in [0.3, 0.4) is 0 Å². The maximum Gasteiger partial charge on any atom is 0.259 e. The number of carbonyl (C=O) groups excluding carboxylic acids is 1. The summed E-state index contributed by atoms with van der Waals surface area (Å²) in [5.41, 5.74) is 2.16. The van der Waals surface area contributed by atoms with E-state index in [0.29, 0.717) is 21.4 Å². The largest absolute Gasteiger partial charge is 0.372 e. The number of hydrogen-bond acceptors (Lipinski definition) is 4. The molecule has 0 aliphatic carbocycles. The number of nitrogens with zero attached hydrogens (tertiary/aromatic N) is 4. The molecular formula is C23H23ClN4OS. The van der Waals surface area contributed by atoms with Crippen molar-refractivity contribution in [3.8, 4) is 6.07 Å². The number of carbonyl (C=O) groups is 1. The van der Waals surface area contributed by atoms with Gasteiger partial charge in [0.1, 0.15) is 11.6 Å². The molecule has 5 nitrogen and oxygen atoms in total. The molecule has 0 saturated carbocycles. The van der Waals surface area contributed by atoms with Crippen molar-refractivity contribution < 1.29 is 4.79 Å². The Balaban J connectivity index is 1.65. The summed E-state index contributed by atoms with van der Waals surface area (Å²) < 4.78 is 0. The van der Waals surface area contributed by atoms with Crippen molar-refractivity contribution in [2.45, 2.75) is 38.6 Å². The standard InChI is InChI=1S/C23H23ClN4OS/c1-23(2)21(29)27(19-7-6-16(15-25)20(24)14-19)22(30)28(23)18-10-8-17(9-11-18)26-12-4-3-5-13-26/h6-11,14H,3-5,12-13H2,1-2H3. The molecule has 2 aromatic carbocycles. The van der Waals surface area contributed by atoms with E-state index in [2.05, 4.69) is 17.0 Å². The predicted octanol–water partition coefficient (Wildman–Crippen LogP) is 5.12. The summed E-state index contributed by atoms with van der Waals surface area (Å²) in [6, 6.07) is 15.2. The van der Waals surface area contributed by atoms with E-state index in [-0.39, 0.29) is 5.91 Å². The second-order valence-corrected chi connectivity index (χ2v) is 8.93. The molecule has 0 bridgehead atoms. The van der Waals surface area contributed by atoms with Gasteiger partial charge >= 0.3 is 0 Å². The van der Waals surface area contributed by atoms with Crippen LogP contribution in [0.25, 0.3) is 0 Å². The van der Waals surface area contributed by atoms with Gasteiger partial charge in [-0.3, -0.25) is 9.69 Å². The lowest BCUT2D eigenvalue weighted by molar-refractivity contribution is -0.120. The summed E-state index contributed by atoms with van der Waals surface area (Å²) in [7, 11) is 0. The fourth-order valence-electron chi connectivity index (χ4n) is 4.15. The van der Waals surface area contributed by atoms with Gasteiger partial charge in [-0.15, -0.1) is 0 Å². The molecule has 2 aromatic rings. The number of benzene rings is 2. The van der Waals surface area contributed by atoms with Gasteiger partial charge in [0, 0.05) is 24.5 Å². The Labute approximate surface area is 187 Å². The number of amides is 1. The Morgan fingerprint density at radius 2 is 1.60 bits per heavy atom. The molecule has 2 heterocycles. The summed E-state index contributed by atoms with van der Waals surface area (Å²) in [4.78, 5) is 19.1. The Hall–Kier alpha value is -2.62. The van der Waals surface area contributed by atoms with Crippen molar-refractivity contribution in [2.24, 2.45) is 0 Å². The van der Waals surface area contributed by atoms with Crippen LogP contribution in [0.1, 0.15) is 38.7 Å². The van der Waals surface area contributed by atoms with Gasteiger partial charge in [0.25, 0.3) is 5.91 Å². The van der Waals surface area contributed by atoms with Crippen molar-refractivity contribution in [2.75, 3.05) is 27.8 Å². The monoisotopic (exact) mass is 438 g/mol. The van der Waals surface area contributed by atoms with Crippen molar-refractivity contribution in [1.82, 2.24) is 0 Å². The zero-order valence-electron chi connectivity index (χ0n) is 17.1. The highest BCUT2D eigenvalue weighted by Gasteiger charge is 2.50. The minimum absolute atomic E-state index is 0.131. The molecule has 7 heteroatoms. The smallest absolute Gasteiger partial charge is 0.259 e. The third-order valence-corrected chi connectivity index (χ3v) is 6.51. The van der Waals surface area contributed by atoms with Crippen molar-refractivity contribution in [3.05, 3.63) is 53.1 Å². The van der Waals surface area contributed by atoms with E-state index in [4.69, 9.17) is 29.1 Å². The number of rotatable bonds is 3. The van der Waals surface area contributed by atoms with E-state index < -0.39 is 5.54 Å². The molecule has 2 saturated heterocycles. The Bertz CT molecular complexity index is 1040. The van der Waals surface area contributed by atoms with Crippen LogP contribution in [0, 0.1) is 11.3 Å². The van der Waals surface area contributed by atoms with Crippen molar-refractivity contribution >= 4 is 51.9 Å². The van der Waals surface area contributed by atoms with Crippen molar-refractivity contribution in [3.63, 3.8) is 0 Å². The average molecular weight is 439 g/mol. The van der Waals surface area contributed by atoms with Gasteiger partial charge in [0.2, 0.25) is 0 Å². The molecule has 154 valence electrons. The molecule has 2 aliphatic rings. The molecule has 1 amide bonds. The van der Waals surface area contributed by atoms with E-state index in [1.54, 1.807) is 18.2 Å². The number of anilines is 3. The van der Waals surface area contributed by atoms with E-state index in [0.717, 1.165) is 18.8 Å². The molecular weight excluding hydrogens is 416 g/mol. The minimum atomic E-state index is -0.843. The molecule has 0 N–H and O–H groups in total. The number of nitriles is 1. The summed E-state index contributed by atoms with van der Waals surface area (Å²) in [5.74, 6) is -0.131. The molecule has 2 fully saturated rings. The lowest BCUT2D eigenvalue weighted by Gasteiger charge is -2.31. The first kappa shape index (κ1) is 20.6. The van der Waals surface area contributed by atoms with Crippen LogP contribution in [-0.2, 0) is 4.79 Å². The molecule has 2 aliphatic heterocycles. The fourth-order valence-corrected chi connectivity index (χ4v) is 4.89. The number of hydrogen-bond donors (Lipinski definition) is 0. The highest BCUT2D eigenvalue weighted by atomic mass is 35.5. The molecule has 0 atom stereocenters. The first-order valence-electron chi connectivity index (χ1n) is 10.1. The number of halogens is 1. The third kappa shape index (κ3) is 3.42. The summed E-state index contributed by atoms with van der Waals surface area (Å²) >= 11 is 11.9. The van der Waals surface area contributed by atoms with Gasteiger partial charge in [-0.25, -0.2) is 0 Å². The number of thiocarbonyl (C=S) groups is 1. The van der Waals surface area contributed by atoms with Crippen LogP contribution >= 0.6 is 23.8 Å². The van der Waals surface area contributed by atoms with E-state index in [1.807, 2.05) is 36.9 Å². The van der Waals surface area contributed by atoms with Gasteiger partial charge in [0.05, 0.1) is 16.3 Å². The second-order valence-electron chi connectivity index (χ2n) is 8.16. The van der Waals surface area contributed by atoms with E-state index >= 15 is 0 Å². The Morgan fingerprint density at radius 3 is 2.20 bits per heavy atom. The molecule has 0 spiro atoms. The van der Waals surface area contributed by atoms with Gasteiger partial charge in [-0.1, -0.05) is 11.6 Å². The zero-order valence-corrected chi connectivity index (χ0v) is 18.6. The second kappa shape index (κ2) is 7.90.